The summed E-state index contributed by atoms with van der Waals surface area (Å²) in [6.45, 7) is 2.32. The van der Waals surface area contributed by atoms with E-state index in [4.69, 9.17) is 13.9 Å². The predicted molar refractivity (Wildman–Crippen MR) is 123 cm³/mol. The Morgan fingerprint density at radius 1 is 0.875 bits per heavy atom. The predicted octanol–water partition coefficient (Wildman–Crippen LogP) is 5.34. The average Bonchev–Trinajstić information content (AvgIpc) is 3.19. The van der Waals surface area contributed by atoms with Crippen LogP contribution in [-0.4, -0.2) is 25.5 Å². The van der Waals surface area contributed by atoms with Crippen LogP contribution in [0.1, 0.15) is 27.8 Å². The lowest BCUT2D eigenvalue weighted by Crippen LogP contribution is -2.17. The second-order valence-corrected chi connectivity index (χ2v) is 6.87. The summed E-state index contributed by atoms with van der Waals surface area (Å²) in [5, 5.41) is 6.27. The zero-order chi connectivity index (χ0) is 22.5. The van der Waals surface area contributed by atoms with Gasteiger partial charge < -0.3 is 24.5 Å². The number of para-hydroxylation sites is 3. The van der Waals surface area contributed by atoms with Crippen molar-refractivity contribution in [3.05, 3.63) is 84.1 Å². The molecule has 2 amide bonds. The van der Waals surface area contributed by atoms with E-state index in [1.54, 1.807) is 67.8 Å². The molecule has 2 N–H and O–H groups in total. The van der Waals surface area contributed by atoms with Crippen molar-refractivity contribution in [2.45, 2.75) is 6.92 Å². The Labute approximate surface area is 184 Å². The number of carbonyl (C=O) groups excluding carboxylic acids is 2. The van der Waals surface area contributed by atoms with E-state index in [-0.39, 0.29) is 11.7 Å². The molecule has 0 saturated heterocycles. The smallest absolute Gasteiger partial charge is 0.293 e. The Balaban J connectivity index is 1.67. The third-order valence-corrected chi connectivity index (χ3v) is 4.83. The maximum Gasteiger partial charge on any atom is 0.293 e. The fourth-order valence-corrected chi connectivity index (χ4v) is 3.29. The first kappa shape index (κ1) is 21.0. The summed E-state index contributed by atoms with van der Waals surface area (Å²) in [5.41, 5.74) is 1.71. The number of methoxy groups -OCH3 is 1. The summed E-state index contributed by atoms with van der Waals surface area (Å²) >= 11 is 0. The van der Waals surface area contributed by atoms with Crippen LogP contribution in [0.5, 0.6) is 11.5 Å². The number of fused-ring (bicyclic) bond motifs is 1. The monoisotopic (exact) mass is 430 g/mol. The van der Waals surface area contributed by atoms with Crippen LogP contribution in [0.4, 0.5) is 11.4 Å². The van der Waals surface area contributed by atoms with Gasteiger partial charge >= 0.3 is 0 Å². The number of hydrogen-bond acceptors (Lipinski definition) is 5. The second kappa shape index (κ2) is 9.26. The number of benzene rings is 3. The maximum atomic E-state index is 13.1. The number of rotatable bonds is 7. The van der Waals surface area contributed by atoms with Crippen LogP contribution in [0.25, 0.3) is 11.0 Å². The Bertz CT molecular complexity index is 1260. The summed E-state index contributed by atoms with van der Waals surface area (Å²) in [6, 6.07) is 20.9. The summed E-state index contributed by atoms with van der Waals surface area (Å²) < 4.78 is 16.5. The quantitative estimate of drug-likeness (QED) is 0.413. The van der Waals surface area contributed by atoms with E-state index in [1.165, 1.54) is 0 Å². The lowest BCUT2D eigenvalue weighted by Gasteiger charge is -2.11. The van der Waals surface area contributed by atoms with Crippen molar-refractivity contribution in [3.63, 3.8) is 0 Å². The molecule has 0 aliphatic carbocycles. The Hall–Kier alpha value is -4.26. The first-order chi connectivity index (χ1) is 15.6. The first-order valence-corrected chi connectivity index (χ1v) is 10.1. The van der Waals surface area contributed by atoms with Crippen molar-refractivity contribution in [1.29, 1.82) is 0 Å². The highest BCUT2D eigenvalue weighted by atomic mass is 16.5. The molecule has 0 unspecified atom stereocenters. The molecule has 7 heteroatoms. The number of anilines is 2. The highest BCUT2D eigenvalue weighted by Gasteiger charge is 2.23. The SMILES string of the molecule is CCOc1ccccc1NC(=O)c1oc2ccccc2c1NC(=O)c1ccc(OC)cc1. The molecular formula is C25H22N2O5. The van der Waals surface area contributed by atoms with Gasteiger partial charge in [-0.15, -0.1) is 0 Å². The molecule has 0 atom stereocenters. The van der Waals surface area contributed by atoms with Gasteiger partial charge in [-0.1, -0.05) is 24.3 Å². The lowest BCUT2D eigenvalue weighted by atomic mass is 10.1. The normalized spacial score (nSPS) is 10.6. The van der Waals surface area contributed by atoms with Gasteiger partial charge in [0.15, 0.2) is 0 Å². The van der Waals surface area contributed by atoms with Crippen molar-refractivity contribution in [2.24, 2.45) is 0 Å². The minimum absolute atomic E-state index is 0.000590. The molecule has 0 fully saturated rings. The molecule has 0 bridgehead atoms. The van der Waals surface area contributed by atoms with Crippen LogP contribution < -0.4 is 20.1 Å². The topological polar surface area (TPSA) is 89.8 Å². The van der Waals surface area contributed by atoms with Crippen molar-refractivity contribution in [2.75, 3.05) is 24.4 Å². The molecule has 1 aromatic heterocycles. The van der Waals surface area contributed by atoms with Crippen molar-refractivity contribution in [3.8, 4) is 11.5 Å². The highest BCUT2D eigenvalue weighted by Crippen LogP contribution is 2.33. The molecule has 4 aromatic rings. The Morgan fingerprint density at radius 3 is 2.34 bits per heavy atom. The molecule has 0 spiro atoms. The molecule has 0 saturated carbocycles. The van der Waals surface area contributed by atoms with Crippen molar-refractivity contribution < 1.29 is 23.5 Å². The summed E-state index contributed by atoms with van der Waals surface area (Å²) in [4.78, 5) is 26.0. The number of furan rings is 1. The maximum absolute atomic E-state index is 13.1. The zero-order valence-electron chi connectivity index (χ0n) is 17.7. The standard InChI is InChI=1S/C25H22N2O5/c1-3-31-21-11-7-5-9-19(21)26-25(29)23-22(18-8-4-6-10-20(18)32-23)27-24(28)16-12-14-17(30-2)15-13-16/h4-15H,3H2,1-2H3,(H,26,29)(H,27,28). The molecular weight excluding hydrogens is 408 g/mol. The van der Waals surface area contributed by atoms with Gasteiger partial charge in [-0.05, 0) is 55.5 Å². The summed E-state index contributed by atoms with van der Waals surface area (Å²) in [7, 11) is 1.56. The Kier molecular flexibility index (Phi) is 6.07. The van der Waals surface area contributed by atoms with Crippen LogP contribution in [0, 0.1) is 0 Å². The third-order valence-electron chi connectivity index (χ3n) is 4.83. The number of carbonyl (C=O) groups is 2. The van der Waals surface area contributed by atoms with E-state index in [9.17, 15) is 9.59 Å². The van der Waals surface area contributed by atoms with Crippen LogP contribution in [-0.2, 0) is 0 Å². The van der Waals surface area contributed by atoms with E-state index in [2.05, 4.69) is 10.6 Å². The van der Waals surface area contributed by atoms with Crippen molar-refractivity contribution in [1.82, 2.24) is 0 Å². The summed E-state index contributed by atoms with van der Waals surface area (Å²) in [6.07, 6.45) is 0. The molecule has 0 radical (unpaired) electrons. The van der Waals surface area contributed by atoms with Gasteiger partial charge in [-0.2, -0.15) is 0 Å². The number of ether oxygens (including phenoxy) is 2. The highest BCUT2D eigenvalue weighted by molar-refractivity contribution is 6.17. The van der Waals surface area contributed by atoms with Gasteiger partial charge in [-0.25, -0.2) is 0 Å². The fourth-order valence-electron chi connectivity index (χ4n) is 3.29. The molecule has 162 valence electrons. The largest absolute Gasteiger partial charge is 0.497 e. The van der Waals surface area contributed by atoms with E-state index in [1.807, 2.05) is 19.1 Å². The van der Waals surface area contributed by atoms with Crippen molar-refractivity contribution >= 4 is 34.2 Å². The van der Waals surface area contributed by atoms with Crippen LogP contribution in [0.2, 0.25) is 0 Å². The van der Waals surface area contributed by atoms with Gasteiger partial charge in [0.25, 0.3) is 11.8 Å². The van der Waals surface area contributed by atoms with Crippen LogP contribution >= 0.6 is 0 Å². The van der Waals surface area contributed by atoms with Gasteiger partial charge in [0, 0.05) is 10.9 Å². The van der Waals surface area contributed by atoms with Crippen LogP contribution in [0.15, 0.2) is 77.2 Å². The minimum Gasteiger partial charge on any atom is -0.497 e. The molecule has 32 heavy (non-hydrogen) atoms. The third kappa shape index (κ3) is 4.27. The van der Waals surface area contributed by atoms with E-state index < -0.39 is 5.91 Å². The summed E-state index contributed by atoms with van der Waals surface area (Å²) in [5.74, 6) is 0.312. The fraction of sp³-hybridized carbons (Fsp3) is 0.120. The number of nitrogens with one attached hydrogen (secondary N) is 2. The van der Waals surface area contributed by atoms with Gasteiger partial charge in [0.05, 0.1) is 19.4 Å². The molecule has 3 aromatic carbocycles. The van der Waals surface area contributed by atoms with Gasteiger partial charge in [-0.3, -0.25) is 9.59 Å². The van der Waals surface area contributed by atoms with Gasteiger partial charge in [0.2, 0.25) is 5.76 Å². The van der Waals surface area contributed by atoms with E-state index in [0.717, 1.165) is 0 Å². The zero-order valence-corrected chi connectivity index (χ0v) is 17.7. The van der Waals surface area contributed by atoms with E-state index in [0.29, 0.717) is 46.0 Å². The molecule has 0 aliphatic heterocycles. The minimum atomic E-state index is -0.501. The second-order valence-electron chi connectivity index (χ2n) is 6.87. The number of amides is 2. The van der Waals surface area contributed by atoms with Crippen LogP contribution in [0.3, 0.4) is 0 Å². The molecule has 7 nitrogen and oxygen atoms in total. The lowest BCUT2D eigenvalue weighted by molar-refractivity contribution is 0.0999. The molecule has 0 aliphatic rings. The van der Waals surface area contributed by atoms with Gasteiger partial charge in [0.1, 0.15) is 22.8 Å². The average molecular weight is 430 g/mol. The Morgan fingerprint density at radius 2 is 1.59 bits per heavy atom. The van der Waals surface area contributed by atoms with E-state index >= 15 is 0 Å². The first-order valence-electron chi connectivity index (χ1n) is 10.1. The molecule has 4 rings (SSSR count). The number of hydrogen-bond donors (Lipinski definition) is 2. The molecule has 1 heterocycles.